The third-order valence-corrected chi connectivity index (χ3v) is 7.73. The van der Waals surface area contributed by atoms with Crippen LogP contribution in [0.25, 0.3) is 11.6 Å². The van der Waals surface area contributed by atoms with Crippen LogP contribution in [0.3, 0.4) is 0 Å². The predicted octanol–water partition coefficient (Wildman–Crippen LogP) is 5.62. The average molecular weight is 506 g/mol. The summed E-state index contributed by atoms with van der Waals surface area (Å²) in [6.45, 7) is 9.95. The zero-order valence-electron chi connectivity index (χ0n) is 21.7. The number of thioether (sulfide) groups is 1. The zero-order valence-corrected chi connectivity index (χ0v) is 22.5. The van der Waals surface area contributed by atoms with E-state index in [1.807, 2.05) is 45.2 Å². The third-order valence-electron chi connectivity index (χ3n) is 6.82. The van der Waals surface area contributed by atoms with Crippen molar-refractivity contribution in [3.63, 3.8) is 0 Å². The number of benzene rings is 2. The molecule has 7 nitrogen and oxygen atoms in total. The van der Waals surface area contributed by atoms with E-state index in [0.717, 1.165) is 44.6 Å². The molecule has 0 aromatic heterocycles. The van der Waals surface area contributed by atoms with Crippen LogP contribution < -0.4 is 15.0 Å². The van der Waals surface area contributed by atoms with Gasteiger partial charge in [-0.05, 0) is 87.4 Å². The van der Waals surface area contributed by atoms with Crippen molar-refractivity contribution in [2.45, 2.75) is 40.2 Å². The van der Waals surface area contributed by atoms with Crippen molar-refractivity contribution in [1.82, 2.24) is 4.90 Å². The van der Waals surface area contributed by atoms with Crippen LogP contribution in [0.5, 0.6) is 5.75 Å². The summed E-state index contributed by atoms with van der Waals surface area (Å²) < 4.78 is 5.64. The number of likely N-dealkylation sites (N-methyl/N-ethyl adjacent to an activating group) is 1. The molecule has 2 aliphatic heterocycles. The minimum Gasteiger partial charge on any atom is -0.496 e. The van der Waals surface area contributed by atoms with Crippen molar-refractivity contribution < 1.29 is 19.1 Å². The quantitative estimate of drug-likeness (QED) is 0.532. The summed E-state index contributed by atoms with van der Waals surface area (Å²) in [7, 11) is 3.62. The summed E-state index contributed by atoms with van der Waals surface area (Å²) in [5, 5.41) is 2.29. The molecule has 2 aromatic carbocycles. The summed E-state index contributed by atoms with van der Waals surface area (Å²) in [6, 6.07) is 9.51. The Morgan fingerprint density at radius 3 is 2.50 bits per heavy atom. The summed E-state index contributed by atoms with van der Waals surface area (Å²) in [5.74, 6) is -0.324. The van der Waals surface area contributed by atoms with Gasteiger partial charge in [-0.2, -0.15) is 0 Å². The lowest BCUT2D eigenvalue weighted by molar-refractivity contribution is -0.127. The Morgan fingerprint density at radius 1 is 1.11 bits per heavy atom. The molecule has 3 amide bonds. The number of carbonyl (C=O) groups excluding carboxylic acids is 3. The van der Waals surface area contributed by atoms with Gasteiger partial charge < -0.3 is 15.0 Å². The molecule has 4 rings (SSSR count). The molecule has 0 atom stereocenters. The second-order valence-corrected chi connectivity index (χ2v) is 10.8. The molecule has 36 heavy (non-hydrogen) atoms. The Bertz CT molecular complexity index is 1340. The maximum atomic E-state index is 13.1. The molecule has 2 heterocycles. The van der Waals surface area contributed by atoms with Crippen LogP contribution in [0, 0.1) is 13.8 Å². The Morgan fingerprint density at radius 2 is 1.83 bits per heavy atom. The Hall–Kier alpha value is -3.52. The van der Waals surface area contributed by atoms with Gasteiger partial charge in [0.1, 0.15) is 12.3 Å². The molecule has 1 N–H and O–H groups in total. The topological polar surface area (TPSA) is 79.0 Å². The van der Waals surface area contributed by atoms with Gasteiger partial charge in [0.2, 0.25) is 5.91 Å². The fourth-order valence-corrected chi connectivity index (χ4v) is 5.25. The average Bonchev–Trinajstić information content (AvgIpc) is 3.06. The number of hydrogen-bond donors (Lipinski definition) is 1. The molecule has 0 saturated carbocycles. The van der Waals surface area contributed by atoms with Crippen molar-refractivity contribution in [3.8, 4) is 5.75 Å². The predicted molar refractivity (Wildman–Crippen MR) is 146 cm³/mol. The number of aryl methyl sites for hydroxylation is 2. The van der Waals surface area contributed by atoms with Gasteiger partial charge in [-0.1, -0.05) is 12.1 Å². The molecule has 1 saturated heterocycles. The Labute approximate surface area is 216 Å². The first kappa shape index (κ1) is 25.6. The Balaban J connectivity index is 1.57. The number of imide groups is 1. The lowest BCUT2D eigenvalue weighted by atomic mass is 9.88. The number of rotatable bonds is 5. The molecule has 0 radical (unpaired) electrons. The molecule has 1 fully saturated rings. The first-order valence-corrected chi connectivity index (χ1v) is 12.5. The number of anilines is 2. The van der Waals surface area contributed by atoms with E-state index < -0.39 is 17.1 Å². The largest absolute Gasteiger partial charge is 0.496 e. The fraction of sp³-hybridized carbons (Fsp3) is 0.321. The number of fused-ring (bicyclic) bond motifs is 1. The highest BCUT2D eigenvalue weighted by molar-refractivity contribution is 8.18. The molecule has 8 heteroatoms. The SMILES string of the molecule is COc1cc2c(cc1/C=C1/SC(=O)N(CC(=O)Nc3ccc(C)c(C)c3)C1=O)C(C)=CC(C)(C)N2C. The highest BCUT2D eigenvalue weighted by atomic mass is 32.2. The number of nitrogens with zero attached hydrogens (tertiary/aromatic N) is 2. The molecule has 0 aliphatic carbocycles. The van der Waals surface area contributed by atoms with E-state index in [2.05, 4.69) is 37.1 Å². The highest BCUT2D eigenvalue weighted by Crippen LogP contribution is 2.42. The van der Waals surface area contributed by atoms with Gasteiger partial charge in [0, 0.05) is 35.6 Å². The summed E-state index contributed by atoms with van der Waals surface area (Å²) in [5.41, 5.74) is 6.53. The number of methoxy groups -OCH3 is 1. The van der Waals surface area contributed by atoms with Crippen molar-refractivity contribution in [2.24, 2.45) is 0 Å². The van der Waals surface area contributed by atoms with Gasteiger partial charge in [0.05, 0.1) is 17.6 Å². The minimum absolute atomic E-state index is 0.149. The van der Waals surface area contributed by atoms with Gasteiger partial charge >= 0.3 is 0 Å². The fourth-order valence-electron chi connectivity index (χ4n) is 4.42. The second kappa shape index (κ2) is 9.50. The zero-order chi connectivity index (χ0) is 26.4. The van der Waals surface area contributed by atoms with Crippen LogP contribution in [0.15, 0.2) is 41.3 Å². The standard InChI is InChI=1S/C28H31N3O4S/c1-16-8-9-20(10-17(16)2)29-25(32)15-31-26(33)24(36-27(31)34)12-19-11-21-18(3)14-28(4,5)30(6)22(21)13-23(19)35-7/h8-14H,15H2,1-7H3,(H,29,32)/b24-12+. The van der Waals surface area contributed by atoms with Crippen LogP contribution in [0.2, 0.25) is 0 Å². The number of amides is 3. The third kappa shape index (κ3) is 4.78. The van der Waals surface area contributed by atoms with E-state index in [4.69, 9.17) is 4.74 Å². The molecule has 2 aromatic rings. The van der Waals surface area contributed by atoms with Crippen LogP contribution in [-0.2, 0) is 9.59 Å². The number of allylic oxidation sites excluding steroid dienone is 1. The van der Waals surface area contributed by atoms with Crippen molar-refractivity contribution in [3.05, 3.63) is 63.6 Å². The summed E-state index contributed by atoms with van der Waals surface area (Å²) in [6.07, 6.45) is 3.87. The van der Waals surface area contributed by atoms with E-state index in [0.29, 0.717) is 17.0 Å². The monoisotopic (exact) mass is 505 g/mol. The van der Waals surface area contributed by atoms with Crippen molar-refractivity contribution in [2.75, 3.05) is 30.9 Å². The minimum atomic E-state index is -0.495. The van der Waals surface area contributed by atoms with E-state index in [9.17, 15) is 14.4 Å². The van der Waals surface area contributed by atoms with Crippen molar-refractivity contribution in [1.29, 1.82) is 0 Å². The molecule has 2 aliphatic rings. The van der Waals surface area contributed by atoms with Crippen LogP contribution in [-0.4, -0.2) is 48.2 Å². The first-order chi connectivity index (χ1) is 16.9. The number of carbonyl (C=O) groups is 3. The highest BCUT2D eigenvalue weighted by Gasteiger charge is 2.37. The normalized spacial score (nSPS) is 17.9. The van der Waals surface area contributed by atoms with Crippen LogP contribution in [0.1, 0.15) is 43.0 Å². The second-order valence-electron chi connectivity index (χ2n) is 9.77. The molecule has 0 unspecified atom stereocenters. The molecular formula is C28H31N3O4S. The number of nitrogens with one attached hydrogen (secondary N) is 1. The number of ether oxygens (including phenoxy) is 1. The van der Waals surface area contributed by atoms with Gasteiger partial charge in [-0.15, -0.1) is 0 Å². The van der Waals surface area contributed by atoms with E-state index in [-0.39, 0.29) is 17.0 Å². The first-order valence-electron chi connectivity index (χ1n) is 11.7. The molecule has 0 spiro atoms. The Kier molecular flexibility index (Phi) is 6.75. The maximum absolute atomic E-state index is 13.1. The van der Waals surface area contributed by atoms with E-state index >= 15 is 0 Å². The van der Waals surface area contributed by atoms with E-state index in [1.54, 1.807) is 19.3 Å². The van der Waals surface area contributed by atoms with Crippen LogP contribution >= 0.6 is 11.8 Å². The van der Waals surface area contributed by atoms with Gasteiger partial charge in [0.25, 0.3) is 11.1 Å². The molecule has 0 bridgehead atoms. The van der Waals surface area contributed by atoms with Crippen molar-refractivity contribution >= 4 is 51.8 Å². The number of hydrogen-bond acceptors (Lipinski definition) is 6. The lowest BCUT2D eigenvalue weighted by Crippen LogP contribution is -2.42. The van der Waals surface area contributed by atoms with Gasteiger partial charge in [-0.25, -0.2) is 0 Å². The summed E-state index contributed by atoms with van der Waals surface area (Å²) in [4.78, 5) is 41.7. The van der Waals surface area contributed by atoms with Crippen LogP contribution in [0.4, 0.5) is 16.2 Å². The van der Waals surface area contributed by atoms with Gasteiger partial charge in [-0.3, -0.25) is 19.3 Å². The molecule has 188 valence electrons. The molecular weight excluding hydrogens is 474 g/mol. The van der Waals surface area contributed by atoms with Gasteiger partial charge in [0.15, 0.2) is 0 Å². The smallest absolute Gasteiger partial charge is 0.294 e. The lowest BCUT2D eigenvalue weighted by Gasteiger charge is -2.41. The maximum Gasteiger partial charge on any atom is 0.294 e. The van der Waals surface area contributed by atoms with E-state index in [1.165, 1.54) is 0 Å². The summed E-state index contributed by atoms with van der Waals surface area (Å²) >= 11 is 0.825.